The van der Waals surface area contributed by atoms with Crippen LogP contribution in [0.4, 0.5) is 13.2 Å². The van der Waals surface area contributed by atoms with Crippen LogP contribution >= 0.6 is 0 Å². The third kappa shape index (κ3) is 5.76. The molecule has 0 radical (unpaired) electrons. The van der Waals surface area contributed by atoms with Gasteiger partial charge in [-0.25, -0.2) is 4.98 Å². The van der Waals surface area contributed by atoms with E-state index in [0.717, 1.165) is 5.82 Å². The molecule has 9 heteroatoms. The Morgan fingerprint density at radius 1 is 1.10 bits per heavy atom. The van der Waals surface area contributed by atoms with Crippen molar-refractivity contribution < 1.29 is 27.4 Å². The van der Waals surface area contributed by atoms with E-state index < -0.39 is 12.4 Å². The minimum Gasteiger partial charge on any atom is -0.486 e. The number of ether oxygens (including phenoxy) is 2. The molecule has 6 nitrogen and oxygen atoms in total. The first-order chi connectivity index (χ1) is 14.2. The maximum Gasteiger partial charge on any atom is 0.573 e. The molecule has 158 valence electrons. The number of carbonyl (C=O) groups excluding carboxylic acids is 1. The standard InChI is InChI=1S/C21H20F3N3O3/c1-14(15-3-9-18(10-4-15)30-21(22,23)24)26-20(28)16-5-7-17(8-6-16)29-13-19-25-11-12-27(19)2/h3-12,14H,13H2,1-2H3,(H,26,28). The quantitative estimate of drug-likeness (QED) is 0.617. The van der Waals surface area contributed by atoms with Gasteiger partial charge in [-0.2, -0.15) is 0 Å². The van der Waals surface area contributed by atoms with Gasteiger partial charge in [0.1, 0.15) is 23.9 Å². The lowest BCUT2D eigenvalue weighted by Gasteiger charge is -2.16. The highest BCUT2D eigenvalue weighted by Crippen LogP contribution is 2.24. The normalized spacial score (nSPS) is 12.3. The van der Waals surface area contributed by atoms with E-state index in [1.54, 1.807) is 37.4 Å². The molecule has 0 fully saturated rings. The van der Waals surface area contributed by atoms with Crippen LogP contribution in [0.15, 0.2) is 60.9 Å². The van der Waals surface area contributed by atoms with Crippen LogP contribution in [0.25, 0.3) is 0 Å². The summed E-state index contributed by atoms with van der Waals surface area (Å²) in [6.45, 7) is 2.04. The fourth-order valence-electron chi connectivity index (χ4n) is 2.71. The molecule has 1 heterocycles. The van der Waals surface area contributed by atoms with Crippen molar-refractivity contribution in [2.45, 2.75) is 25.9 Å². The number of amides is 1. The van der Waals surface area contributed by atoms with Gasteiger partial charge in [0.2, 0.25) is 0 Å². The van der Waals surface area contributed by atoms with Crippen LogP contribution in [0.2, 0.25) is 0 Å². The summed E-state index contributed by atoms with van der Waals surface area (Å²) in [6.07, 6.45) is -1.23. The second-order valence-corrected chi connectivity index (χ2v) is 6.58. The molecule has 0 bridgehead atoms. The molecule has 1 atom stereocenters. The number of nitrogens with one attached hydrogen (secondary N) is 1. The maximum absolute atomic E-state index is 12.4. The summed E-state index contributed by atoms with van der Waals surface area (Å²) in [5.41, 5.74) is 1.08. The minimum atomic E-state index is -4.74. The van der Waals surface area contributed by atoms with Crippen LogP contribution in [0.3, 0.4) is 0 Å². The first-order valence-electron chi connectivity index (χ1n) is 9.07. The summed E-state index contributed by atoms with van der Waals surface area (Å²) in [7, 11) is 1.87. The molecule has 1 unspecified atom stereocenters. The average molecular weight is 419 g/mol. The molecule has 30 heavy (non-hydrogen) atoms. The van der Waals surface area contributed by atoms with E-state index in [4.69, 9.17) is 4.74 Å². The van der Waals surface area contributed by atoms with Gasteiger partial charge >= 0.3 is 6.36 Å². The fraction of sp³-hybridized carbons (Fsp3) is 0.238. The molecule has 3 rings (SSSR count). The molecule has 0 aliphatic rings. The van der Waals surface area contributed by atoms with E-state index >= 15 is 0 Å². The number of hydrogen-bond donors (Lipinski definition) is 1. The Labute approximate surface area is 171 Å². The Hall–Kier alpha value is -3.49. The second kappa shape index (κ2) is 8.89. The van der Waals surface area contributed by atoms with Gasteiger partial charge < -0.3 is 19.4 Å². The third-order valence-corrected chi connectivity index (χ3v) is 4.37. The third-order valence-electron chi connectivity index (χ3n) is 4.37. The van der Waals surface area contributed by atoms with Crippen molar-refractivity contribution in [2.24, 2.45) is 7.05 Å². The van der Waals surface area contributed by atoms with Gasteiger partial charge in [0.15, 0.2) is 0 Å². The van der Waals surface area contributed by atoms with Crippen molar-refractivity contribution in [2.75, 3.05) is 0 Å². The lowest BCUT2D eigenvalue weighted by atomic mass is 10.1. The Kier molecular flexibility index (Phi) is 6.29. The van der Waals surface area contributed by atoms with Crippen LogP contribution in [0.5, 0.6) is 11.5 Å². The van der Waals surface area contributed by atoms with E-state index in [9.17, 15) is 18.0 Å². The molecule has 1 aromatic heterocycles. The molecular formula is C21H20F3N3O3. The Bertz CT molecular complexity index is 983. The summed E-state index contributed by atoms with van der Waals surface area (Å²) in [4.78, 5) is 16.6. The molecule has 0 spiro atoms. The van der Waals surface area contributed by atoms with E-state index in [1.807, 2.05) is 17.8 Å². The van der Waals surface area contributed by atoms with Gasteiger partial charge in [-0.05, 0) is 48.9 Å². The predicted octanol–water partition coefficient (Wildman–Crippen LogP) is 4.39. The van der Waals surface area contributed by atoms with Crippen molar-refractivity contribution in [1.29, 1.82) is 0 Å². The molecule has 0 aliphatic heterocycles. The van der Waals surface area contributed by atoms with Crippen molar-refractivity contribution in [1.82, 2.24) is 14.9 Å². The van der Waals surface area contributed by atoms with Crippen LogP contribution in [-0.4, -0.2) is 21.8 Å². The van der Waals surface area contributed by atoms with Crippen LogP contribution in [0, 0.1) is 0 Å². The zero-order chi connectivity index (χ0) is 21.7. The molecule has 1 N–H and O–H groups in total. The monoisotopic (exact) mass is 419 g/mol. The minimum absolute atomic E-state index is 0.306. The van der Waals surface area contributed by atoms with Crippen molar-refractivity contribution in [3.8, 4) is 11.5 Å². The first-order valence-corrected chi connectivity index (χ1v) is 9.07. The largest absolute Gasteiger partial charge is 0.573 e. The molecule has 0 aliphatic carbocycles. The van der Waals surface area contributed by atoms with Gasteiger partial charge in [0.25, 0.3) is 5.91 Å². The number of rotatable bonds is 7. The smallest absolute Gasteiger partial charge is 0.486 e. The number of nitrogens with zero attached hydrogens (tertiary/aromatic N) is 2. The summed E-state index contributed by atoms with van der Waals surface area (Å²) < 4.78 is 48.1. The van der Waals surface area contributed by atoms with E-state index in [-0.39, 0.29) is 11.7 Å². The molecular weight excluding hydrogens is 399 g/mol. The predicted molar refractivity (Wildman–Crippen MR) is 103 cm³/mol. The van der Waals surface area contributed by atoms with Crippen LogP contribution < -0.4 is 14.8 Å². The van der Waals surface area contributed by atoms with Crippen molar-refractivity contribution in [3.63, 3.8) is 0 Å². The number of aromatic nitrogens is 2. The van der Waals surface area contributed by atoms with E-state index in [1.165, 1.54) is 24.3 Å². The molecule has 0 saturated heterocycles. The summed E-state index contributed by atoms with van der Waals surface area (Å²) in [6, 6.07) is 11.6. The number of halogens is 3. The van der Waals surface area contributed by atoms with E-state index in [0.29, 0.717) is 23.5 Å². The van der Waals surface area contributed by atoms with Crippen LogP contribution in [-0.2, 0) is 13.7 Å². The number of imidazole rings is 1. The molecule has 1 amide bonds. The zero-order valence-electron chi connectivity index (χ0n) is 16.3. The zero-order valence-corrected chi connectivity index (χ0v) is 16.3. The number of aryl methyl sites for hydroxylation is 1. The maximum atomic E-state index is 12.4. The highest BCUT2D eigenvalue weighted by atomic mass is 19.4. The van der Waals surface area contributed by atoms with Crippen molar-refractivity contribution >= 4 is 5.91 Å². The topological polar surface area (TPSA) is 65.4 Å². The Balaban J connectivity index is 1.55. The summed E-state index contributed by atoms with van der Waals surface area (Å²) in [5.74, 6) is 0.750. The second-order valence-electron chi connectivity index (χ2n) is 6.58. The van der Waals surface area contributed by atoms with Gasteiger partial charge in [-0.15, -0.1) is 13.2 Å². The van der Waals surface area contributed by atoms with Crippen LogP contribution in [0.1, 0.15) is 34.7 Å². The number of alkyl halides is 3. The molecule has 3 aromatic rings. The number of benzene rings is 2. The van der Waals surface area contributed by atoms with Gasteiger partial charge in [0.05, 0.1) is 6.04 Å². The van der Waals surface area contributed by atoms with E-state index in [2.05, 4.69) is 15.0 Å². The fourth-order valence-corrected chi connectivity index (χ4v) is 2.71. The van der Waals surface area contributed by atoms with Gasteiger partial charge in [-0.1, -0.05) is 12.1 Å². The van der Waals surface area contributed by atoms with Gasteiger partial charge in [-0.3, -0.25) is 4.79 Å². The summed E-state index contributed by atoms with van der Waals surface area (Å²) in [5, 5.41) is 2.81. The molecule has 2 aromatic carbocycles. The number of hydrogen-bond acceptors (Lipinski definition) is 4. The Morgan fingerprint density at radius 3 is 2.30 bits per heavy atom. The highest BCUT2D eigenvalue weighted by Gasteiger charge is 2.31. The Morgan fingerprint density at radius 2 is 1.73 bits per heavy atom. The summed E-state index contributed by atoms with van der Waals surface area (Å²) >= 11 is 0. The molecule has 0 saturated carbocycles. The SMILES string of the molecule is CC(NC(=O)c1ccc(OCc2nccn2C)cc1)c1ccc(OC(F)(F)F)cc1. The lowest BCUT2D eigenvalue weighted by Crippen LogP contribution is -2.26. The highest BCUT2D eigenvalue weighted by molar-refractivity contribution is 5.94. The average Bonchev–Trinajstić information content (AvgIpc) is 3.11. The number of carbonyl (C=O) groups is 1. The van der Waals surface area contributed by atoms with Crippen molar-refractivity contribution in [3.05, 3.63) is 77.9 Å². The first kappa shape index (κ1) is 21.2. The van der Waals surface area contributed by atoms with Gasteiger partial charge in [0, 0.05) is 25.0 Å². The lowest BCUT2D eigenvalue weighted by molar-refractivity contribution is -0.274.